The summed E-state index contributed by atoms with van der Waals surface area (Å²) in [6, 6.07) is -0.0463. The number of carboxylic acids is 1. The first-order chi connectivity index (χ1) is 8.02. The van der Waals surface area contributed by atoms with Crippen LogP contribution in [-0.2, 0) is 9.59 Å². The Balaban J connectivity index is 2.48. The zero-order valence-electron chi connectivity index (χ0n) is 10.1. The summed E-state index contributed by atoms with van der Waals surface area (Å²) in [7, 11) is 0. The molecule has 0 saturated carbocycles. The number of hydrogen-bond acceptors (Lipinski definition) is 2. The number of allylic oxidation sites excluding steroid dienone is 2. The number of rotatable bonds is 4. The van der Waals surface area contributed by atoms with Crippen molar-refractivity contribution in [3.05, 3.63) is 35.5 Å². The van der Waals surface area contributed by atoms with Crippen LogP contribution in [0.4, 0.5) is 0 Å². The monoisotopic (exact) mass is 235 g/mol. The molecule has 0 fully saturated rings. The minimum Gasteiger partial charge on any atom is -0.481 e. The SMILES string of the molecule is C/C=C(\C)C(=O)NC1C=CC(CC(=O)O)=CC1. The molecule has 0 saturated heterocycles. The molecule has 2 N–H and O–H groups in total. The average molecular weight is 235 g/mol. The van der Waals surface area contributed by atoms with Crippen molar-refractivity contribution >= 4 is 11.9 Å². The molecular weight excluding hydrogens is 218 g/mol. The van der Waals surface area contributed by atoms with Crippen LogP contribution in [0.3, 0.4) is 0 Å². The number of carbonyl (C=O) groups excluding carboxylic acids is 1. The molecule has 1 rings (SSSR count). The lowest BCUT2D eigenvalue weighted by molar-refractivity contribution is -0.136. The number of aliphatic carboxylic acids is 1. The molecule has 0 aromatic rings. The van der Waals surface area contributed by atoms with Gasteiger partial charge in [0.1, 0.15) is 0 Å². The third kappa shape index (κ3) is 4.26. The first-order valence-electron chi connectivity index (χ1n) is 5.55. The Morgan fingerprint density at radius 3 is 2.76 bits per heavy atom. The molecule has 1 amide bonds. The van der Waals surface area contributed by atoms with Gasteiger partial charge in [-0.05, 0) is 25.8 Å². The first-order valence-corrected chi connectivity index (χ1v) is 5.55. The highest BCUT2D eigenvalue weighted by atomic mass is 16.4. The summed E-state index contributed by atoms with van der Waals surface area (Å²) in [4.78, 5) is 22.1. The molecule has 0 bridgehead atoms. The maximum atomic E-state index is 11.6. The molecule has 0 radical (unpaired) electrons. The van der Waals surface area contributed by atoms with Crippen LogP contribution in [0.5, 0.6) is 0 Å². The van der Waals surface area contributed by atoms with Crippen LogP contribution in [0, 0.1) is 0 Å². The molecule has 0 heterocycles. The highest BCUT2D eigenvalue weighted by molar-refractivity contribution is 5.93. The molecule has 1 aliphatic carbocycles. The van der Waals surface area contributed by atoms with Crippen LogP contribution in [0.25, 0.3) is 0 Å². The van der Waals surface area contributed by atoms with Crippen LogP contribution in [0.1, 0.15) is 26.7 Å². The van der Waals surface area contributed by atoms with Crippen molar-refractivity contribution in [2.24, 2.45) is 0 Å². The van der Waals surface area contributed by atoms with Crippen molar-refractivity contribution in [3.63, 3.8) is 0 Å². The molecule has 4 heteroatoms. The van der Waals surface area contributed by atoms with E-state index in [4.69, 9.17) is 5.11 Å². The highest BCUT2D eigenvalue weighted by Gasteiger charge is 2.13. The molecule has 17 heavy (non-hydrogen) atoms. The Bertz CT molecular complexity index is 405. The zero-order chi connectivity index (χ0) is 12.8. The second kappa shape index (κ2) is 6.03. The van der Waals surface area contributed by atoms with Crippen LogP contribution in [-0.4, -0.2) is 23.0 Å². The lowest BCUT2D eigenvalue weighted by Gasteiger charge is -2.17. The van der Waals surface area contributed by atoms with Gasteiger partial charge in [-0.25, -0.2) is 0 Å². The summed E-state index contributed by atoms with van der Waals surface area (Å²) >= 11 is 0. The van der Waals surface area contributed by atoms with Gasteiger partial charge < -0.3 is 10.4 Å². The van der Waals surface area contributed by atoms with Crippen molar-refractivity contribution in [2.75, 3.05) is 0 Å². The third-order valence-electron chi connectivity index (χ3n) is 2.64. The molecule has 1 aliphatic rings. The van der Waals surface area contributed by atoms with E-state index in [1.165, 1.54) is 0 Å². The van der Waals surface area contributed by atoms with Gasteiger partial charge in [-0.2, -0.15) is 0 Å². The van der Waals surface area contributed by atoms with E-state index in [0.717, 1.165) is 5.57 Å². The lowest BCUT2D eigenvalue weighted by atomic mass is 10.0. The smallest absolute Gasteiger partial charge is 0.307 e. The van der Waals surface area contributed by atoms with E-state index in [-0.39, 0.29) is 18.4 Å². The van der Waals surface area contributed by atoms with Crippen LogP contribution < -0.4 is 5.32 Å². The molecule has 1 unspecified atom stereocenters. The van der Waals surface area contributed by atoms with Crippen molar-refractivity contribution in [1.29, 1.82) is 0 Å². The number of hydrogen-bond donors (Lipinski definition) is 2. The lowest BCUT2D eigenvalue weighted by Crippen LogP contribution is -2.34. The fraction of sp³-hybridized carbons (Fsp3) is 0.385. The Morgan fingerprint density at radius 2 is 2.29 bits per heavy atom. The molecule has 0 spiro atoms. The van der Waals surface area contributed by atoms with Gasteiger partial charge in [0.05, 0.1) is 12.5 Å². The van der Waals surface area contributed by atoms with E-state index in [1.807, 2.05) is 19.1 Å². The van der Waals surface area contributed by atoms with E-state index < -0.39 is 5.97 Å². The molecule has 4 nitrogen and oxygen atoms in total. The Labute approximate surface area is 101 Å². The Hall–Kier alpha value is -1.84. The van der Waals surface area contributed by atoms with Crippen molar-refractivity contribution in [2.45, 2.75) is 32.7 Å². The zero-order valence-corrected chi connectivity index (χ0v) is 10.1. The van der Waals surface area contributed by atoms with E-state index in [2.05, 4.69) is 5.32 Å². The highest BCUT2D eigenvalue weighted by Crippen LogP contribution is 2.14. The molecular formula is C13H17NO3. The van der Waals surface area contributed by atoms with Crippen molar-refractivity contribution in [1.82, 2.24) is 5.32 Å². The maximum Gasteiger partial charge on any atom is 0.307 e. The van der Waals surface area contributed by atoms with E-state index >= 15 is 0 Å². The number of amides is 1. The second-order valence-corrected chi connectivity index (χ2v) is 4.00. The van der Waals surface area contributed by atoms with Gasteiger partial charge in [-0.3, -0.25) is 9.59 Å². The summed E-state index contributed by atoms with van der Waals surface area (Å²) in [5.41, 5.74) is 1.46. The summed E-state index contributed by atoms with van der Waals surface area (Å²) in [6.45, 7) is 3.57. The fourth-order valence-electron chi connectivity index (χ4n) is 1.49. The van der Waals surface area contributed by atoms with Gasteiger partial charge in [-0.1, -0.05) is 24.3 Å². The maximum absolute atomic E-state index is 11.6. The summed E-state index contributed by atoms with van der Waals surface area (Å²) in [5.74, 6) is -0.926. The topological polar surface area (TPSA) is 66.4 Å². The van der Waals surface area contributed by atoms with Gasteiger partial charge in [0.25, 0.3) is 0 Å². The third-order valence-corrected chi connectivity index (χ3v) is 2.64. The molecule has 0 aliphatic heterocycles. The number of carboxylic acid groups (broad SMARTS) is 1. The van der Waals surface area contributed by atoms with Crippen LogP contribution in [0.15, 0.2) is 35.5 Å². The fourth-order valence-corrected chi connectivity index (χ4v) is 1.49. The van der Waals surface area contributed by atoms with Gasteiger partial charge in [0.2, 0.25) is 5.91 Å². The number of nitrogens with one attached hydrogen (secondary N) is 1. The Kier molecular flexibility index (Phi) is 4.69. The van der Waals surface area contributed by atoms with E-state index in [9.17, 15) is 9.59 Å². The molecule has 92 valence electrons. The molecule has 1 atom stereocenters. The largest absolute Gasteiger partial charge is 0.481 e. The van der Waals surface area contributed by atoms with Gasteiger partial charge >= 0.3 is 5.97 Å². The second-order valence-electron chi connectivity index (χ2n) is 4.00. The van der Waals surface area contributed by atoms with Gasteiger partial charge in [0.15, 0.2) is 0 Å². The predicted octanol–water partition coefficient (Wildman–Crippen LogP) is 1.80. The van der Waals surface area contributed by atoms with Crippen molar-refractivity contribution in [3.8, 4) is 0 Å². The van der Waals surface area contributed by atoms with Gasteiger partial charge in [-0.15, -0.1) is 0 Å². The average Bonchev–Trinajstić information content (AvgIpc) is 2.30. The Morgan fingerprint density at radius 1 is 1.59 bits per heavy atom. The normalized spacial score (nSPS) is 19.8. The summed E-state index contributed by atoms with van der Waals surface area (Å²) in [5, 5.41) is 11.5. The van der Waals surface area contributed by atoms with Crippen LogP contribution >= 0.6 is 0 Å². The predicted molar refractivity (Wildman–Crippen MR) is 65.5 cm³/mol. The van der Waals surface area contributed by atoms with Crippen molar-refractivity contribution < 1.29 is 14.7 Å². The standard InChI is InChI=1S/C13H17NO3/c1-3-9(2)13(17)14-11-6-4-10(5-7-11)8-12(15)16/h3-6,11H,7-8H2,1-2H3,(H,14,17)(H,15,16)/b9-3+. The first kappa shape index (κ1) is 13.2. The molecule has 0 aromatic carbocycles. The van der Waals surface area contributed by atoms with Crippen LogP contribution in [0.2, 0.25) is 0 Å². The van der Waals surface area contributed by atoms with E-state index in [1.54, 1.807) is 19.1 Å². The number of carbonyl (C=O) groups is 2. The summed E-state index contributed by atoms with van der Waals surface area (Å²) in [6.07, 6.45) is 7.87. The quantitative estimate of drug-likeness (QED) is 0.730. The minimum absolute atomic E-state index is 0.0328. The molecule has 0 aromatic heterocycles. The van der Waals surface area contributed by atoms with E-state index in [0.29, 0.717) is 12.0 Å². The summed E-state index contributed by atoms with van der Waals surface area (Å²) < 4.78 is 0. The van der Waals surface area contributed by atoms with Gasteiger partial charge in [0, 0.05) is 5.57 Å². The minimum atomic E-state index is -0.840.